The van der Waals surface area contributed by atoms with Crippen LogP contribution in [0.15, 0.2) is 36.4 Å². The maximum absolute atomic E-state index is 11.4. The number of allylic oxidation sites excluding steroid dienone is 2. The van der Waals surface area contributed by atoms with Crippen LogP contribution in [-0.2, 0) is 4.79 Å². The second-order valence-electron chi connectivity index (χ2n) is 4.20. The molecule has 0 radical (unpaired) electrons. The monoisotopic (exact) mass is 184 g/mol. The van der Waals surface area contributed by atoms with Gasteiger partial charge in [0, 0.05) is 12.3 Å². The van der Waals surface area contributed by atoms with Crippen LogP contribution in [0, 0.1) is 11.8 Å². The summed E-state index contributed by atoms with van der Waals surface area (Å²) in [6.07, 6.45) is 4.00. The minimum Gasteiger partial charge on any atom is -0.299 e. The Kier molecular flexibility index (Phi) is 1.60. The summed E-state index contributed by atoms with van der Waals surface area (Å²) in [6.45, 7) is 0. The maximum atomic E-state index is 11.4. The molecule has 1 aromatic carbocycles. The average Bonchev–Trinajstić information content (AvgIpc) is 2.77. The Morgan fingerprint density at radius 2 is 1.93 bits per heavy atom. The zero-order valence-corrected chi connectivity index (χ0v) is 7.94. The molecule has 2 bridgehead atoms. The quantitative estimate of drug-likeness (QED) is 0.655. The smallest absolute Gasteiger partial charge is 0.140 e. The van der Waals surface area contributed by atoms with Gasteiger partial charge in [0.05, 0.1) is 0 Å². The van der Waals surface area contributed by atoms with Crippen LogP contribution in [0.2, 0.25) is 0 Å². The predicted molar refractivity (Wildman–Crippen MR) is 55.6 cm³/mol. The number of fused-ring (bicyclic) bond motifs is 2. The van der Waals surface area contributed by atoms with E-state index in [9.17, 15) is 4.79 Å². The lowest BCUT2D eigenvalue weighted by atomic mass is 9.92. The minimum absolute atomic E-state index is 0.232. The molecule has 0 unspecified atom stereocenters. The Labute approximate surface area is 83.4 Å². The van der Waals surface area contributed by atoms with E-state index < -0.39 is 0 Å². The molecule has 2 aliphatic carbocycles. The highest BCUT2D eigenvalue weighted by atomic mass is 16.1. The number of Topliss-reactive ketones (excluding diaryl/α,β-unsaturated/α-hetero) is 1. The van der Waals surface area contributed by atoms with Crippen molar-refractivity contribution in [1.29, 1.82) is 0 Å². The van der Waals surface area contributed by atoms with Crippen LogP contribution in [0.25, 0.3) is 5.57 Å². The number of carbonyl (C=O) groups is 1. The van der Waals surface area contributed by atoms with E-state index in [0.717, 1.165) is 12.8 Å². The molecule has 2 aliphatic rings. The second kappa shape index (κ2) is 2.81. The number of ketones is 1. The molecule has 1 aromatic rings. The van der Waals surface area contributed by atoms with Crippen LogP contribution < -0.4 is 0 Å². The molecule has 70 valence electrons. The molecule has 0 saturated heterocycles. The van der Waals surface area contributed by atoms with Crippen molar-refractivity contribution in [3.8, 4) is 0 Å². The topological polar surface area (TPSA) is 17.1 Å². The van der Waals surface area contributed by atoms with Gasteiger partial charge in [0.1, 0.15) is 5.78 Å². The van der Waals surface area contributed by atoms with Crippen molar-refractivity contribution in [2.75, 3.05) is 0 Å². The van der Waals surface area contributed by atoms with Gasteiger partial charge in [-0.1, -0.05) is 36.4 Å². The standard InChI is InChI=1S/C13H12O/c14-13-8-10-6-11(13)7-12(10)9-4-2-1-3-5-9/h1-5,7,10-11H,6,8H2/t10-,11-/m0/s1. The average molecular weight is 184 g/mol. The third kappa shape index (κ3) is 1.05. The Morgan fingerprint density at radius 3 is 2.50 bits per heavy atom. The van der Waals surface area contributed by atoms with E-state index >= 15 is 0 Å². The van der Waals surface area contributed by atoms with E-state index in [1.165, 1.54) is 11.1 Å². The fourth-order valence-corrected chi connectivity index (χ4v) is 2.63. The lowest BCUT2D eigenvalue weighted by molar-refractivity contribution is -0.119. The molecule has 0 heterocycles. The molecule has 0 N–H and O–H groups in total. The van der Waals surface area contributed by atoms with E-state index in [1.54, 1.807) is 0 Å². The lowest BCUT2D eigenvalue weighted by Gasteiger charge is -2.12. The highest BCUT2D eigenvalue weighted by Gasteiger charge is 2.39. The zero-order chi connectivity index (χ0) is 9.54. The van der Waals surface area contributed by atoms with Crippen LogP contribution in [0.4, 0.5) is 0 Å². The summed E-state index contributed by atoms with van der Waals surface area (Å²) in [6, 6.07) is 10.4. The van der Waals surface area contributed by atoms with E-state index in [2.05, 4.69) is 30.3 Å². The molecular weight excluding hydrogens is 172 g/mol. The van der Waals surface area contributed by atoms with Gasteiger partial charge in [-0.25, -0.2) is 0 Å². The van der Waals surface area contributed by atoms with Crippen molar-refractivity contribution in [2.45, 2.75) is 12.8 Å². The Bertz CT molecular complexity index is 403. The molecule has 3 rings (SSSR count). The summed E-state index contributed by atoms with van der Waals surface area (Å²) in [4.78, 5) is 11.4. The lowest BCUT2D eigenvalue weighted by Crippen LogP contribution is -2.06. The number of carbonyl (C=O) groups excluding carboxylic acids is 1. The highest BCUT2D eigenvalue weighted by Crippen LogP contribution is 2.45. The summed E-state index contributed by atoms with van der Waals surface area (Å²) in [7, 11) is 0. The first-order valence-corrected chi connectivity index (χ1v) is 5.14. The molecule has 1 fully saturated rings. The van der Waals surface area contributed by atoms with E-state index in [0.29, 0.717) is 11.7 Å². The molecule has 1 saturated carbocycles. The Balaban J connectivity index is 2.00. The highest BCUT2D eigenvalue weighted by molar-refractivity contribution is 5.93. The molecule has 0 aromatic heterocycles. The van der Waals surface area contributed by atoms with Gasteiger partial charge in [0.15, 0.2) is 0 Å². The first-order valence-electron chi connectivity index (χ1n) is 5.14. The maximum Gasteiger partial charge on any atom is 0.140 e. The van der Waals surface area contributed by atoms with Gasteiger partial charge in [0.2, 0.25) is 0 Å². The molecule has 0 amide bonds. The number of rotatable bonds is 1. The number of hydrogen-bond acceptors (Lipinski definition) is 1. The van der Waals surface area contributed by atoms with Gasteiger partial charge in [0.25, 0.3) is 0 Å². The SMILES string of the molecule is O=C1C[C@@H]2C[C@H]1C=C2c1ccccc1. The molecule has 2 atom stereocenters. The number of hydrogen-bond donors (Lipinski definition) is 0. The van der Waals surface area contributed by atoms with Crippen molar-refractivity contribution in [2.24, 2.45) is 11.8 Å². The zero-order valence-electron chi connectivity index (χ0n) is 7.94. The molecule has 0 spiro atoms. The summed E-state index contributed by atoms with van der Waals surface area (Å²) in [5.41, 5.74) is 2.70. The minimum atomic E-state index is 0.232. The van der Waals surface area contributed by atoms with Gasteiger partial charge in [-0.05, 0) is 23.5 Å². The molecule has 1 heteroatoms. The second-order valence-corrected chi connectivity index (χ2v) is 4.20. The van der Waals surface area contributed by atoms with Gasteiger partial charge < -0.3 is 0 Å². The van der Waals surface area contributed by atoms with E-state index in [1.807, 2.05) is 6.07 Å². The largest absolute Gasteiger partial charge is 0.299 e. The van der Waals surface area contributed by atoms with Crippen molar-refractivity contribution in [3.63, 3.8) is 0 Å². The van der Waals surface area contributed by atoms with Crippen molar-refractivity contribution >= 4 is 11.4 Å². The summed E-state index contributed by atoms with van der Waals surface area (Å²) >= 11 is 0. The summed E-state index contributed by atoms with van der Waals surface area (Å²) in [5.74, 6) is 1.18. The van der Waals surface area contributed by atoms with E-state index in [-0.39, 0.29) is 5.92 Å². The Morgan fingerprint density at radius 1 is 1.14 bits per heavy atom. The van der Waals surface area contributed by atoms with Crippen LogP contribution in [0.3, 0.4) is 0 Å². The first kappa shape index (κ1) is 7.98. The van der Waals surface area contributed by atoms with E-state index in [4.69, 9.17) is 0 Å². The Hall–Kier alpha value is -1.37. The van der Waals surface area contributed by atoms with Gasteiger partial charge >= 0.3 is 0 Å². The van der Waals surface area contributed by atoms with Crippen molar-refractivity contribution < 1.29 is 4.79 Å². The van der Waals surface area contributed by atoms with Crippen molar-refractivity contribution in [1.82, 2.24) is 0 Å². The van der Waals surface area contributed by atoms with Crippen molar-refractivity contribution in [3.05, 3.63) is 42.0 Å². The third-order valence-corrected chi connectivity index (χ3v) is 3.33. The third-order valence-electron chi connectivity index (χ3n) is 3.33. The normalized spacial score (nSPS) is 29.4. The van der Waals surface area contributed by atoms with Gasteiger partial charge in [-0.3, -0.25) is 4.79 Å². The molecule has 14 heavy (non-hydrogen) atoms. The van der Waals surface area contributed by atoms with Crippen LogP contribution in [0.5, 0.6) is 0 Å². The van der Waals surface area contributed by atoms with Crippen LogP contribution in [-0.4, -0.2) is 5.78 Å². The van der Waals surface area contributed by atoms with Crippen LogP contribution >= 0.6 is 0 Å². The first-order chi connectivity index (χ1) is 6.84. The fourth-order valence-electron chi connectivity index (χ4n) is 2.63. The number of benzene rings is 1. The predicted octanol–water partition coefficient (Wildman–Crippen LogP) is 2.68. The molecular formula is C13H12O. The van der Waals surface area contributed by atoms with Gasteiger partial charge in [-0.2, -0.15) is 0 Å². The summed E-state index contributed by atoms with van der Waals surface area (Å²) < 4.78 is 0. The van der Waals surface area contributed by atoms with Gasteiger partial charge in [-0.15, -0.1) is 0 Å². The fraction of sp³-hybridized carbons (Fsp3) is 0.308. The van der Waals surface area contributed by atoms with Crippen LogP contribution in [0.1, 0.15) is 18.4 Å². The molecule has 0 aliphatic heterocycles. The summed E-state index contributed by atoms with van der Waals surface area (Å²) in [5, 5.41) is 0. The molecule has 1 nitrogen and oxygen atoms in total.